The van der Waals surface area contributed by atoms with E-state index < -0.39 is 5.91 Å². The minimum absolute atomic E-state index is 0.262. The zero-order valence-electron chi connectivity index (χ0n) is 11.1. The van der Waals surface area contributed by atoms with Crippen molar-refractivity contribution in [1.29, 1.82) is 0 Å². The second kappa shape index (κ2) is 9.98. The second-order valence-corrected chi connectivity index (χ2v) is 3.89. The molecule has 0 saturated heterocycles. The Balaban J connectivity index is 0.000000362. The Labute approximate surface area is 112 Å². The monoisotopic (exact) mass is 267 g/mol. The van der Waals surface area contributed by atoms with E-state index in [1.54, 1.807) is 19.1 Å². The maximum atomic E-state index is 10.5. The number of hydrogen-bond donors (Lipinski definition) is 4. The van der Waals surface area contributed by atoms with Crippen molar-refractivity contribution in [1.82, 2.24) is 4.98 Å². The third-order valence-corrected chi connectivity index (χ3v) is 2.18. The Kier molecular flexibility index (Phi) is 8.94. The highest BCUT2D eigenvalue weighted by atomic mass is 16.1. The van der Waals surface area contributed by atoms with Crippen LogP contribution in [0.4, 0.5) is 5.82 Å². The number of nitrogens with two attached hydrogens (primary N) is 3. The summed E-state index contributed by atoms with van der Waals surface area (Å²) >= 11 is 0. The van der Waals surface area contributed by atoms with Gasteiger partial charge in [-0.25, -0.2) is 10.8 Å². The number of unbranched alkanes of at least 4 members (excludes halogenated alkanes) is 1. The van der Waals surface area contributed by atoms with Crippen LogP contribution in [0.2, 0.25) is 0 Å². The van der Waals surface area contributed by atoms with E-state index in [-0.39, 0.29) is 5.78 Å². The van der Waals surface area contributed by atoms with Crippen LogP contribution in [0.25, 0.3) is 0 Å². The lowest BCUT2D eigenvalue weighted by molar-refractivity contribution is -0.117. The summed E-state index contributed by atoms with van der Waals surface area (Å²) in [6, 6.07) is 3.12. The minimum atomic E-state index is -0.499. The van der Waals surface area contributed by atoms with Crippen LogP contribution in [0.15, 0.2) is 18.3 Å². The molecule has 7 nitrogen and oxygen atoms in total. The Bertz CT molecular complexity index is 392. The molecule has 19 heavy (non-hydrogen) atoms. The number of rotatable bonds is 6. The predicted octanol–water partition coefficient (Wildman–Crippen LogP) is 0.171. The number of aromatic nitrogens is 1. The molecule has 7 heteroatoms. The molecule has 0 spiro atoms. The van der Waals surface area contributed by atoms with Gasteiger partial charge in [-0.15, -0.1) is 0 Å². The molecule has 1 amide bonds. The van der Waals surface area contributed by atoms with Crippen LogP contribution in [-0.2, 0) is 4.79 Å². The number of nitrogen functional groups attached to an aromatic ring is 1. The number of amides is 1. The van der Waals surface area contributed by atoms with E-state index in [0.29, 0.717) is 24.3 Å². The maximum absolute atomic E-state index is 10.5. The minimum Gasteiger partial charge on any atom is -0.366 e. The number of nitrogens with one attached hydrogen (secondary N) is 1. The summed E-state index contributed by atoms with van der Waals surface area (Å²) in [6.07, 6.45) is 3.97. The molecule has 0 unspecified atom stereocenters. The first-order chi connectivity index (χ1) is 9.01. The standard InChI is InChI=1S/C6H8N4O.C6H13NO/c7-6(11)4-1-2-5(10-8)9-3-4;1-6(8)4-2-3-5-7/h1-3H,8H2,(H2,7,11)(H,9,10);2-5,7H2,1H3. The highest BCUT2D eigenvalue weighted by Gasteiger charge is 1.98. The molecule has 1 heterocycles. The number of anilines is 1. The molecule has 0 aliphatic carbocycles. The van der Waals surface area contributed by atoms with Gasteiger partial charge in [0.1, 0.15) is 11.6 Å². The highest BCUT2D eigenvalue weighted by Crippen LogP contribution is 2.01. The Morgan fingerprint density at radius 2 is 2.00 bits per heavy atom. The van der Waals surface area contributed by atoms with E-state index in [9.17, 15) is 9.59 Å². The quantitative estimate of drug-likeness (QED) is 0.329. The van der Waals surface area contributed by atoms with Gasteiger partial charge in [0.2, 0.25) is 5.91 Å². The third kappa shape index (κ3) is 8.70. The van der Waals surface area contributed by atoms with Crippen LogP contribution in [0.3, 0.4) is 0 Å². The van der Waals surface area contributed by atoms with Crippen LogP contribution in [0.1, 0.15) is 36.5 Å². The van der Waals surface area contributed by atoms with Crippen LogP contribution in [0, 0.1) is 0 Å². The molecular formula is C12H21N5O2. The van der Waals surface area contributed by atoms with Gasteiger partial charge in [-0.1, -0.05) is 0 Å². The zero-order valence-corrected chi connectivity index (χ0v) is 11.1. The number of pyridine rings is 1. The Morgan fingerprint density at radius 1 is 1.32 bits per heavy atom. The fourth-order valence-electron chi connectivity index (χ4n) is 1.14. The number of nitrogens with zero attached hydrogens (tertiary/aromatic N) is 1. The molecule has 1 aromatic heterocycles. The van der Waals surface area contributed by atoms with E-state index in [1.165, 1.54) is 6.20 Å². The lowest BCUT2D eigenvalue weighted by atomic mass is 10.2. The molecule has 0 fully saturated rings. The first kappa shape index (κ1) is 17.0. The summed E-state index contributed by atoms with van der Waals surface area (Å²) in [5, 5.41) is 0. The van der Waals surface area contributed by atoms with Crippen molar-refractivity contribution in [3.63, 3.8) is 0 Å². The first-order valence-electron chi connectivity index (χ1n) is 5.93. The van der Waals surface area contributed by atoms with Gasteiger partial charge >= 0.3 is 0 Å². The molecule has 0 saturated carbocycles. The van der Waals surface area contributed by atoms with Crippen molar-refractivity contribution in [2.75, 3.05) is 12.0 Å². The number of primary amides is 1. The van der Waals surface area contributed by atoms with Crippen LogP contribution >= 0.6 is 0 Å². The number of hydrogen-bond acceptors (Lipinski definition) is 6. The van der Waals surface area contributed by atoms with Crippen molar-refractivity contribution < 1.29 is 9.59 Å². The largest absolute Gasteiger partial charge is 0.366 e. The van der Waals surface area contributed by atoms with Crippen molar-refractivity contribution >= 4 is 17.5 Å². The van der Waals surface area contributed by atoms with E-state index in [0.717, 1.165) is 12.8 Å². The first-order valence-corrected chi connectivity index (χ1v) is 5.93. The smallest absolute Gasteiger partial charge is 0.250 e. The van der Waals surface area contributed by atoms with Gasteiger partial charge in [0.25, 0.3) is 0 Å². The fourth-order valence-corrected chi connectivity index (χ4v) is 1.14. The van der Waals surface area contributed by atoms with Gasteiger partial charge in [-0.05, 0) is 38.4 Å². The second-order valence-electron chi connectivity index (χ2n) is 3.89. The third-order valence-electron chi connectivity index (χ3n) is 2.18. The van der Waals surface area contributed by atoms with E-state index in [4.69, 9.17) is 17.3 Å². The van der Waals surface area contributed by atoms with Crippen molar-refractivity contribution in [3.05, 3.63) is 23.9 Å². The van der Waals surface area contributed by atoms with Crippen molar-refractivity contribution in [3.8, 4) is 0 Å². The number of carbonyl (C=O) groups is 2. The van der Waals surface area contributed by atoms with Crippen LogP contribution in [-0.4, -0.2) is 23.2 Å². The molecule has 0 aliphatic rings. The summed E-state index contributed by atoms with van der Waals surface area (Å²) in [4.78, 5) is 24.6. The Morgan fingerprint density at radius 3 is 2.37 bits per heavy atom. The van der Waals surface area contributed by atoms with Crippen molar-refractivity contribution in [2.45, 2.75) is 26.2 Å². The summed E-state index contributed by atoms with van der Waals surface area (Å²) in [6.45, 7) is 2.31. The molecule has 1 aromatic rings. The van der Waals surface area contributed by atoms with Gasteiger partial charge in [-0.2, -0.15) is 0 Å². The summed E-state index contributed by atoms with van der Waals surface area (Å²) in [5.74, 6) is 5.31. The molecule has 0 radical (unpaired) electrons. The normalized spacial score (nSPS) is 9.21. The number of ketones is 1. The van der Waals surface area contributed by atoms with E-state index >= 15 is 0 Å². The average molecular weight is 267 g/mol. The molecule has 0 bridgehead atoms. The molecule has 0 aromatic carbocycles. The molecule has 0 aliphatic heterocycles. The van der Waals surface area contributed by atoms with Crippen molar-refractivity contribution in [2.24, 2.45) is 17.3 Å². The number of Topliss-reactive ketones (excluding diaryl/α,β-unsaturated/α-hetero) is 1. The topological polar surface area (TPSA) is 137 Å². The lowest BCUT2D eigenvalue weighted by Crippen LogP contribution is -2.13. The molecule has 0 atom stereocenters. The molecular weight excluding hydrogens is 246 g/mol. The van der Waals surface area contributed by atoms with Gasteiger partial charge in [-0.3, -0.25) is 4.79 Å². The highest BCUT2D eigenvalue weighted by molar-refractivity contribution is 5.92. The predicted molar refractivity (Wildman–Crippen MR) is 74.2 cm³/mol. The Hall–Kier alpha value is -1.99. The summed E-state index contributed by atoms with van der Waals surface area (Å²) in [5.41, 5.74) is 12.9. The zero-order chi connectivity index (χ0) is 14.7. The number of carbonyl (C=O) groups excluding carboxylic acids is 2. The number of hydrazine groups is 1. The van der Waals surface area contributed by atoms with Crippen LogP contribution in [0.5, 0.6) is 0 Å². The molecule has 7 N–H and O–H groups in total. The molecule has 106 valence electrons. The average Bonchev–Trinajstić information content (AvgIpc) is 2.39. The van der Waals surface area contributed by atoms with Gasteiger partial charge < -0.3 is 21.7 Å². The summed E-state index contributed by atoms with van der Waals surface area (Å²) < 4.78 is 0. The van der Waals surface area contributed by atoms with E-state index in [2.05, 4.69) is 10.4 Å². The van der Waals surface area contributed by atoms with Gasteiger partial charge in [0, 0.05) is 12.6 Å². The maximum Gasteiger partial charge on any atom is 0.250 e. The fraction of sp³-hybridized carbons (Fsp3) is 0.417. The summed E-state index contributed by atoms with van der Waals surface area (Å²) in [7, 11) is 0. The SMILES string of the molecule is CC(=O)CCCCN.NNc1ccc(C(N)=O)cn1. The lowest BCUT2D eigenvalue weighted by Gasteiger charge is -1.97. The van der Waals surface area contributed by atoms with Gasteiger partial charge in [0.05, 0.1) is 5.56 Å². The van der Waals surface area contributed by atoms with E-state index in [1.807, 2.05) is 0 Å². The molecule has 1 rings (SSSR count). The van der Waals surface area contributed by atoms with Gasteiger partial charge in [0.15, 0.2) is 0 Å². The van der Waals surface area contributed by atoms with Crippen LogP contribution < -0.4 is 22.7 Å².